The molecule has 15 heavy (non-hydrogen) atoms. The Kier molecular flexibility index (Phi) is 4.15. The molecule has 0 unspecified atom stereocenters. The maximum Gasteiger partial charge on any atom is 0.125 e. The van der Waals surface area contributed by atoms with Crippen molar-refractivity contribution in [3.63, 3.8) is 0 Å². The van der Waals surface area contributed by atoms with Gasteiger partial charge < -0.3 is 9.84 Å². The van der Waals surface area contributed by atoms with Gasteiger partial charge in [0.2, 0.25) is 0 Å². The van der Waals surface area contributed by atoms with Crippen molar-refractivity contribution < 1.29 is 9.84 Å². The highest BCUT2D eigenvalue weighted by molar-refractivity contribution is 5.38. The maximum absolute atomic E-state index is 9.26. The van der Waals surface area contributed by atoms with E-state index in [2.05, 4.69) is 19.9 Å². The summed E-state index contributed by atoms with van der Waals surface area (Å²) in [6.07, 6.45) is 0.139. The minimum absolute atomic E-state index is 0.0304. The SMILES string of the molecule is CC(C)Oc1ccc(C(C)C)cc1CO. The molecule has 2 heteroatoms. The largest absolute Gasteiger partial charge is 0.491 e. The number of hydrogen-bond donors (Lipinski definition) is 1. The second kappa shape index (κ2) is 5.17. The standard InChI is InChI=1S/C13H20O2/c1-9(2)11-5-6-13(15-10(3)4)12(7-11)8-14/h5-7,9-10,14H,8H2,1-4H3. The Balaban J connectivity index is 2.98. The molecule has 1 aromatic carbocycles. The summed E-state index contributed by atoms with van der Waals surface area (Å²) in [5.41, 5.74) is 2.10. The summed E-state index contributed by atoms with van der Waals surface area (Å²) in [7, 11) is 0. The average molecular weight is 208 g/mol. The molecule has 1 aromatic rings. The highest BCUT2D eigenvalue weighted by Crippen LogP contribution is 2.25. The van der Waals surface area contributed by atoms with Crippen LogP contribution in [-0.4, -0.2) is 11.2 Å². The van der Waals surface area contributed by atoms with Gasteiger partial charge in [-0.1, -0.05) is 19.9 Å². The molecule has 0 amide bonds. The molecule has 0 aliphatic carbocycles. The Bertz CT molecular complexity index is 316. The third-order valence-electron chi connectivity index (χ3n) is 2.28. The predicted molar refractivity (Wildman–Crippen MR) is 62.2 cm³/mol. The van der Waals surface area contributed by atoms with Crippen molar-refractivity contribution in [3.8, 4) is 5.75 Å². The van der Waals surface area contributed by atoms with Crippen LogP contribution in [0.4, 0.5) is 0 Å². The lowest BCUT2D eigenvalue weighted by molar-refractivity contribution is 0.225. The van der Waals surface area contributed by atoms with Gasteiger partial charge in [-0.2, -0.15) is 0 Å². The lowest BCUT2D eigenvalue weighted by Crippen LogP contribution is -2.08. The number of aliphatic hydroxyl groups is 1. The van der Waals surface area contributed by atoms with Crippen molar-refractivity contribution >= 4 is 0 Å². The molecule has 2 nitrogen and oxygen atoms in total. The molecular weight excluding hydrogens is 188 g/mol. The van der Waals surface area contributed by atoms with E-state index in [-0.39, 0.29) is 12.7 Å². The molecule has 84 valence electrons. The monoisotopic (exact) mass is 208 g/mol. The second-order valence-electron chi connectivity index (χ2n) is 4.35. The Labute approximate surface area is 91.9 Å². The lowest BCUT2D eigenvalue weighted by atomic mass is 10.0. The number of hydrogen-bond acceptors (Lipinski definition) is 2. The summed E-state index contributed by atoms with van der Waals surface area (Å²) in [6, 6.07) is 6.02. The van der Waals surface area contributed by atoms with Crippen LogP contribution < -0.4 is 4.74 Å². The molecule has 0 aromatic heterocycles. The summed E-state index contributed by atoms with van der Waals surface area (Å²) < 4.78 is 5.61. The second-order valence-corrected chi connectivity index (χ2v) is 4.35. The van der Waals surface area contributed by atoms with Crippen LogP contribution in [0.25, 0.3) is 0 Å². The molecule has 0 atom stereocenters. The quantitative estimate of drug-likeness (QED) is 0.824. The van der Waals surface area contributed by atoms with E-state index in [1.807, 2.05) is 26.0 Å². The van der Waals surface area contributed by atoms with Crippen LogP contribution in [0.3, 0.4) is 0 Å². The van der Waals surface area contributed by atoms with Crippen LogP contribution in [0.5, 0.6) is 5.75 Å². The first-order valence-electron chi connectivity index (χ1n) is 5.45. The maximum atomic E-state index is 9.26. The molecule has 0 heterocycles. The molecule has 0 aliphatic heterocycles. The van der Waals surface area contributed by atoms with Crippen molar-refractivity contribution in [3.05, 3.63) is 29.3 Å². The molecule has 0 saturated heterocycles. The third kappa shape index (κ3) is 3.24. The first-order chi connectivity index (χ1) is 7.04. The average Bonchev–Trinajstić information content (AvgIpc) is 2.17. The van der Waals surface area contributed by atoms with E-state index in [1.165, 1.54) is 5.56 Å². The van der Waals surface area contributed by atoms with Crippen LogP contribution in [-0.2, 0) is 6.61 Å². The molecule has 0 aliphatic rings. The molecule has 0 spiro atoms. The Morgan fingerprint density at radius 1 is 1.20 bits per heavy atom. The van der Waals surface area contributed by atoms with E-state index in [1.54, 1.807) is 0 Å². The molecule has 0 bridgehead atoms. The van der Waals surface area contributed by atoms with Gasteiger partial charge in [-0.15, -0.1) is 0 Å². The summed E-state index contributed by atoms with van der Waals surface area (Å²) in [6.45, 7) is 8.27. The normalized spacial score (nSPS) is 11.1. The smallest absolute Gasteiger partial charge is 0.125 e. The molecule has 0 radical (unpaired) electrons. The highest BCUT2D eigenvalue weighted by Gasteiger charge is 2.07. The lowest BCUT2D eigenvalue weighted by Gasteiger charge is -2.15. The third-order valence-corrected chi connectivity index (χ3v) is 2.28. The van der Waals surface area contributed by atoms with E-state index >= 15 is 0 Å². The van der Waals surface area contributed by atoms with Crippen LogP contribution >= 0.6 is 0 Å². The fourth-order valence-corrected chi connectivity index (χ4v) is 1.45. The zero-order valence-corrected chi connectivity index (χ0v) is 9.95. The summed E-state index contributed by atoms with van der Waals surface area (Å²) >= 11 is 0. The van der Waals surface area contributed by atoms with Crippen LogP contribution in [0, 0.1) is 0 Å². The summed E-state index contributed by atoms with van der Waals surface area (Å²) in [5.74, 6) is 1.26. The van der Waals surface area contributed by atoms with Crippen LogP contribution in [0.2, 0.25) is 0 Å². The van der Waals surface area contributed by atoms with Gasteiger partial charge in [-0.25, -0.2) is 0 Å². The number of ether oxygens (including phenoxy) is 1. The zero-order chi connectivity index (χ0) is 11.4. The Hall–Kier alpha value is -1.02. The number of benzene rings is 1. The van der Waals surface area contributed by atoms with Gasteiger partial charge in [0, 0.05) is 5.56 Å². The van der Waals surface area contributed by atoms with Crippen molar-refractivity contribution in [2.24, 2.45) is 0 Å². The first kappa shape index (κ1) is 12.1. The van der Waals surface area contributed by atoms with Crippen LogP contribution in [0.15, 0.2) is 18.2 Å². The van der Waals surface area contributed by atoms with Gasteiger partial charge in [0.1, 0.15) is 5.75 Å². The van der Waals surface area contributed by atoms with E-state index in [4.69, 9.17) is 4.74 Å². The van der Waals surface area contributed by atoms with Crippen molar-refractivity contribution in [2.75, 3.05) is 0 Å². The van der Waals surface area contributed by atoms with Crippen LogP contribution in [0.1, 0.15) is 44.7 Å². The fraction of sp³-hybridized carbons (Fsp3) is 0.538. The predicted octanol–water partition coefficient (Wildman–Crippen LogP) is 3.09. The van der Waals surface area contributed by atoms with Gasteiger partial charge in [0.25, 0.3) is 0 Å². The van der Waals surface area contributed by atoms with Crippen molar-refractivity contribution in [2.45, 2.75) is 46.3 Å². The number of rotatable bonds is 4. The highest BCUT2D eigenvalue weighted by atomic mass is 16.5. The van der Waals surface area contributed by atoms with Gasteiger partial charge in [0.05, 0.1) is 12.7 Å². The van der Waals surface area contributed by atoms with Gasteiger partial charge in [0.15, 0.2) is 0 Å². The molecular formula is C13H20O2. The minimum atomic E-state index is 0.0304. The van der Waals surface area contributed by atoms with E-state index < -0.39 is 0 Å². The van der Waals surface area contributed by atoms with Gasteiger partial charge in [-0.05, 0) is 37.5 Å². The van der Waals surface area contributed by atoms with Gasteiger partial charge in [-0.3, -0.25) is 0 Å². The van der Waals surface area contributed by atoms with E-state index in [9.17, 15) is 5.11 Å². The first-order valence-corrected chi connectivity index (χ1v) is 5.45. The molecule has 1 rings (SSSR count). The Morgan fingerprint density at radius 2 is 1.87 bits per heavy atom. The fourth-order valence-electron chi connectivity index (χ4n) is 1.45. The minimum Gasteiger partial charge on any atom is -0.491 e. The zero-order valence-electron chi connectivity index (χ0n) is 9.95. The number of aliphatic hydroxyl groups excluding tert-OH is 1. The molecule has 0 saturated carbocycles. The molecule has 1 N–H and O–H groups in total. The van der Waals surface area contributed by atoms with E-state index in [0.29, 0.717) is 5.92 Å². The summed E-state index contributed by atoms with van der Waals surface area (Å²) in [5, 5.41) is 9.26. The topological polar surface area (TPSA) is 29.5 Å². The summed E-state index contributed by atoms with van der Waals surface area (Å²) in [4.78, 5) is 0. The van der Waals surface area contributed by atoms with Crippen molar-refractivity contribution in [1.82, 2.24) is 0 Å². The van der Waals surface area contributed by atoms with Gasteiger partial charge >= 0.3 is 0 Å². The molecule has 0 fully saturated rings. The Morgan fingerprint density at radius 3 is 2.33 bits per heavy atom. The van der Waals surface area contributed by atoms with Crippen molar-refractivity contribution in [1.29, 1.82) is 0 Å². The van der Waals surface area contributed by atoms with E-state index in [0.717, 1.165) is 11.3 Å².